The normalized spacial score (nSPS) is 0. The molecule has 0 atom stereocenters. The minimum Gasteiger partial charge on any atom is -2.00 e. The fourth-order valence-electron chi connectivity index (χ4n) is 0. The van der Waals surface area contributed by atoms with Gasteiger partial charge in [-0.2, -0.15) is 0 Å². The first kappa shape index (κ1) is 68.7. The summed E-state index contributed by atoms with van der Waals surface area (Å²) >= 11 is 0. The quantitative estimate of drug-likeness (QED) is 0.551. The van der Waals surface area contributed by atoms with E-state index in [9.17, 15) is 0 Å². The molecular weight excluding hydrogens is 283 g/mol. The Kier molecular flexibility index (Phi) is 545. The third-order valence-electron chi connectivity index (χ3n) is 0. The first-order chi connectivity index (χ1) is 0. The zero-order valence-electron chi connectivity index (χ0n) is 1.49. The third kappa shape index (κ3) is 11.1. The van der Waals surface area contributed by atoms with Crippen molar-refractivity contribution < 1.29 is 49.1 Å². The van der Waals surface area contributed by atoms with Crippen LogP contribution in [0.4, 0.5) is 0 Å². The maximum absolute atomic E-state index is 0. The molecule has 0 radical (unpaired) electrons. The molecule has 0 aliphatic rings. The van der Waals surface area contributed by atoms with E-state index in [-0.39, 0.29) is 49.1 Å². The second-order valence-electron chi connectivity index (χ2n) is 0. The van der Waals surface area contributed by atoms with Crippen molar-refractivity contribution >= 4 is 0 Å². The van der Waals surface area contributed by atoms with Crippen molar-refractivity contribution in [1.82, 2.24) is 0 Å². The SMILES string of the molecule is [Fe+2].[O-2].[O-2].[Pt+2]. The first-order valence-corrected chi connectivity index (χ1v) is 0. The Morgan fingerprint density at radius 3 is 0.750 bits per heavy atom. The van der Waals surface area contributed by atoms with Crippen LogP contribution in [0.3, 0.4) is 0 Å². The van der Waals surface area contributed by atoms with Crippen molar-refractivity contribution in [3.8, 4) is 0 Å². The van der Waals surface area contributed by atoms with E-state index in [0.29, 0.717) is 0 Å². The molecule has 30 valence electrons. The average Bonchev–Trinajstić information content (AvgIpc) is 0. The smallest absolute Gasteiger partial charge is 2.00 e. The van der Waals surface area contributed by atoms with Crippen molar-refractivity contribution in [2.24, 2.45) is 0 Å². The van der Waals surface area contributed by atoms with E-state index in [1.165, 1.54) is 0 Å². The van der Waals surface area contributed by atoms with Gasteiger partial charge in [0.25, 0.3) is 0 Å². The summed E-state index contributed by atoms with van der Waals surface area (Å²) < 4.78 is 0. The number of hydrogen-bond acceptors (Lipinski definition) is 0. The minimum absolute atomic E-state index is 0. The molecule has 0 aliphatic heterocycles. The van der Waals surface area contributed by atoms with E-state index in [2.05, 4.69) is 0 Å². The third-order valence-corrected chi connectivity index (χ3v) is 0. The Morgan fingerprint density at radius 1 is 0.750 bits per heavy atom. The van der Waals surface area contributed by atoms with Gasteiger partial charge in [-0.1, -0.05) is 0 Å². The molecule has 0 heterocycles. The summed E-state index contributed by atoms with van der Waals surface area (Å²) in [7, 11) is 0. The van der Waals surface area contributed by atoms with Crippen LogP contribution in [0.25, 0.3) is 0 Å². The summed E-state index contributed by atoms with van der Waals surface area (Å²) in [6.07, 6.45) is 0. The van der Waals surface area contributed by atoms with E-state index in [4.69, 9.17) is 0 Å². The molecule has 0 saturated heterocycles. The van der Waals surface area contributed by atoms with E-state index in [1.54, 1.807) is 0 Å². The van der Waals surface area contributed by atoms with Gasteiger partial charge in [0.15, 0.2) is 0 Å². The molecule has 0 amide bonds. The van der Waals surface area contributed by atoms with Gasteiger partial charge in [0.1, 0.15) is 0 Å². The molecule has 4 heteroatoms. The van der Waals surface area contributed by atoms with Gasteiger partial charge in [-0.05, 0) is 0 Å². The van der Waals surface area contributed by atoms with Crippen LogP contribution in [0, 0.1) is 0 Å². The molecule has 2 nitrogen and oxygen atoms in total. The van der Waals surface area contributed by atoms with Crippen LogP contribution in [0.1, 0.15) is 0 Å². The largest absolute Gasteiger partial charge is 2.00 e. The van der Waals surface area contributed by atoms with Crippen LogP contribution in [-0.4, -0.2) is 0 Å². The first-order valence-electron chi connectivity index (χ1n) is 0. The zero-order chi connectivity index (χ0) is 0. The van der Waals surface area contributed by atoms with Gasteiger partial charge in [-0.25, -0.2) is 0 Å². The maximum Gasteiger partial charge on any atom is 2.00 e. The second kappa shape index (κ2) is 31.7. The summed E-state index contributed by atoms with van der Waals surface area (Å²) in [6.45, 7) is 0. The molecule has 0 aromatic carbocycles. The monoisotopic (exact) mass is 283 g/mol. The second-order valence-corrected chi connectivity index (χ2v) is 0. The summed E-state index contributed by atoms with van der Waals surface area (Å²) in [6, 6.07) is 0. The van der Waals surface area contributed by atoms with Gasteiger partial charge in [0, 0.05) is 0 Å². The van der Waals surface area contributed by atoms with Gasteiger partial charge in [0.05, 0.1) is 0 Å². The maximum atomic E-state index is 0. The molecular formula is FeO2Pt. The summed E-state index contributed by atoms with van der Waals surface area (Å²) in [4.78, 5) is 0. The van der Waals surface area contributed by atoms with Crippen LogP contribution >= 0.6 is 0 Å². The Balaban J connectivity index is 0. The predicted molar refractivity (Wildman–Crippen MR) is 1.37 cm³/mol. The predicted octanol–water partition coefficient (Wildman–Crippen LogP) is -0.243. The molecule has 0 spiro atoms. The average molecular weight is 283 g/mol. The van der Waals surface area contributed by atoms with Crippen LogP contribution in [0.15, 0.2) is 0 Å². The Bertz CT molecular complexity index is 6.00. The Morgan fingerprint density at radius 2 is 0.750 bits per heavy atom. The van der Waals surface area contributed by atoms with Crippen LogP contribution in [0.2, 0.25) is 0 Å². The molecule has 0 aromatic heterocycles. The Hall–Kier alpha value is 1.13. The molecule has 0 fully saturated rings. The summed E-state index contributed by atoms with van der Waals surface area (Å²) in [5, 5.41) is 0. The molecule has 0 aliphatic carbocycles. The molecule has 0 rings (SSSR count). The van der Waals surface area contributed by atoms with Crippen LogP contribution < -0.4 is 0 Å². The minimum atomic E-state index is 0. The molecule has 0 saturated carbocycles. The fourth-order valence-corrected chi connectivity index (χ4v) is 0. The van der Waals surface area contributed by atoms with Gasteiger partial charge < -0.3 is 11.0 Å². The van der Waals surface area contributed by atoms with E-state index >= 15 is 0 Å². The van der Waals surface area contributed by atoms with Crippen LogP contribution in [0.5, 0.6) is 0 Å². The van der Waals surface area contributed by atoms with Crippen molar-refractivity contribution in [1.29, 1.82) is 0 Å². The van der Waals surface area contributed by atoms with Gasteiger partial charge in [-0.15, -0.1) is 0 Å². The summed E-state index contributed by atoms with van der Waals surface area (Å²) in [5.41, 5.74) is 0. The van der Waals surface area contributed by atoms with Crippen molar-refractivity contribution in [3.05, 3.63) is 0 Å². The molecule has 0 N–H and O–H groups in total. The van der Waals surface area contributed by atoms with Crippen LogP contribution in [-0.2, 0) is 49.1 Å². The molecule has 0 aromatic rings. The van der Waals surface area contributed by atoms with Gasteiger partial charge in [-0.3, -0.25) is 0 Å². The molecule has 0 unspecified atom stereocenters. The molecule has 0 bridgehead atoms. The Labute approximate surface area is 49.3 Å². The summed E-state index contributed by atoms with van der Waals surface area (Å²) in [5.74, 6) is 0. The number of hydrogen-bond donors (Lipinski definition) is 0. The standard InChI is InChI=1S/Fe.2O.Pt/q+2;2*-2;+2. The van der Waals surface area contributed by atoms with E-state index in [0.717, 1.165) is 0 Å². The van der Waals surface area contributed by atoms with E-state index in [1.807, 2.05) is 0 Å². The van der Waals surface area contributed by atoms with Gasteiger partial charge in [0.2, 0.25) is 0 Å². The van der Waals surface area contributed by atoms with E-state index < -0.39 is 0 Å². The van der Waals surface area contributed by atoms with Crippen molar-refractivity contribution in [2.45, 2.75) is 0 Å². The van der Waals surface area contributed by atoms with Gasteiger partial charge >= 0.3 is 38.1 Å². The zero-order valence-corrected chi connectivity index (χ0v) is 4.86. The fraction of sp³-hybridized carbons (Fsp3) is 0. The molecule has 4 heavy (non-hydrogen) atoms. The number of rotatable bonds is 0. The topological polar surface area (TPSA) is 57.0 Å². The van der Waals surface area contributed by atoms with Crippen molar-refractivity contribution in [2.75, 3.05) is 0 Å². The van der Waals surface area contributed by atoms with Crippen molar-refractivity contribution in [3.63, 3.8) is 0 Å².